The van der Waals surface area contributed by atoms with Gasteiger partial charge in [-0.3, -0.25) is 4.79 Å². The summed E-state index contributed by atoms with van der Waals surface area (Å²) < 4.78 is 16.3. The van der Waals surface area contributed by atoms with Crippen molar-refractivity contribution < 1.29 is 19.0 Å². The fourth-order valence-electron chi connectivity index (χ4n) is 4.04. The molecule has 1 N–H and O–H groups in total. The van der Waals surface area contributed by atoms with Crippen LogP contribution in [0.5, 0.6) is 0 Å². The summed E-state index contributed by atoms with van der Waals surface area (Å²) in [7, 11) is 2.08. The third-order valence-electron chi connectivity index (χ3n) is 5.63. The summed E-state index contributed by atoms with van der Waals surface area (Å²) in [5, 5.41) is 4.31. The van der Waals surface area contributed by atoms with Gasteiger partial charge in [-0.1, -0.05) is 42.3 Å². The van der Waals surface area contributed by atoms with Crippen molar-refractivity contribution >= 4 is 34.8 Å². The average Bonchev–Trinajstić information content (AvgIpc) is 2.80. The molecule has 0 radical (unpaired) electrons. The monoisotopic (exact) mass is 508 g/mol. The molecular weight excluding hydrogens is 475 g/mol. The number of benzene rings is 2. The lowest BCUT2D eigenvalue weighted by Crippen LogP contribution is -2.31. The molecule has 1 amide bonds. The number of anilines is 1. The van der Waals surface area contributed by atoms with Crippen LogP contribution >= 0.6 is 23.2 Å². The highest BCUT2D eigenvalue weighted by atomic mass is 35.5. The first kappa shape index (κ1) is 26.9. The van der Waals surface area contributed by atoms with Crippen LogP contribution in [0, 0.1) is 0 Å². The minimum Gasteiger partial charge on any atom is -0.379 e. The zero-order chi connectivity index (χ0) is 24.3. The first-order valence-corrected chi connectivity index (χ1v) is 12.5. The molecule has 2 aromatic rings. The molecule has 0 aliphatic carbocycles. The Morgan fingerprint density at radius 2 is 1.74 bits per heavy atom. The topological polar surface area (TPSA) is 60.0 Å². The van der Waals surface area contributed by atoms with E-state index < -0.39 is 0 Å². The average molecular weight is 509 g/mol. The molecule has 186 valence electrons. The van der Waals surface area contributed by atoms with Crippen molar-refractivity contribution in [1.82, 2.24) is 4.90 Å². The van der Waals surface area contributed by atoms with Crippen LogP contribution in [0.25, 0.3) is 0 Å². The largest absolute Gasteiger partial charge is 0.379 e. The Morgan fingerprint density at radius 3 is 2.47 bits per heavy atom. The minimum atomic E-state index is -0.0849. The predicted molar refractivity (Wildman–Crippen MR) is 137 cm³/mol. The highest BCUT2D eigenvalue weighted by molar-refractivity contribution is 6.35. The molecule has 1 aliphatic rings. The smallest absolute Gasteiger partial charge is 0.226 e. The number of hydrogen-bond donors (Lipinski definition) is 1. The molecule has 0 spiro atoms. The van der Waals surface area contributed by atoms with Crippen molar-refractivity contribution in [2.75, 3.05) is 58.6 Å². The van der Waals surface area contributed by atoms with Crippen molar-refractivity contribution in [3.05, 3.63) is 63.1 Å². The van der Waals surface area contributed by atoms with Gasteiger partial charge in [-0.15, -0.1) is 0 Å². The number of carbonyl (C=O) groups is 1. The summed E-state index contributed by atoms with van der Waals surface area (Å²) in [4.78, 5) is 14.6. The summed E-state index contributed by atoms with van der Waals surface area (Å²) >= 11 is 12.8. The number of halogens is 2. The maximum atomic E-state index is 12.4. The lowest BCUT2D eigenvalue weighted by molar-refractivity contribution is -0.117. The zero-order valence-corrected chi connectivity index (χ0v) is 21.5. The van der Waals surface area contributed by atoms with Crippen molar-refractivity contribution in [3.63, 3.8) is 0 Å². The Labute approximate surface area is 212 Å². The Morgan fingerprint density at radius 1 is 1.03 bits per heavy atom. The number of fused-ring (bicyclic) bond motifs is 1. The van der Waals surface area contributed by atoms with Gasteiger partial charge < -0.3 is 24.4 Å². The number of nitrogens with zero attached hydrogens (tertiary/aromatic N) is 1. The van der Waals surface area contributed by atoms with Crippen molar-refractivity contribution in [3.8, 4) is 0 Å². The molecule has 8 heteroatoms. The second-order valence-electron chi connectivity index (χ2n) is 8.47. The van der Waals surface area contributed by atoms with Crippen LogP contribution in [0.15, 0.2) is 36.4 Å². The van der Waals surface area contributed by atoms with E-state index >= 15 is 0 Å². The van der Waals surface area contributed by atoms with E-state index in [9.17, 15) is 4.79 Å². The van der Waals surface area contributed by atoms with Crippen molar-refractivity contribution in [1.29, 1.82) is 0 Å². The van der Waals surface area contributed by atoms with Gasteiger partial charge in [0.05, 0.1) is 39.5 Å². The molecule has 0 aromatic heterocycles. The predicted octanol–water partition coefficient (Wildman–Crippen LogP) is 5.36. The fourth-order valence-corrected chi connectivity index (χ4v) is 4.61. The Bertz CT molecular complexity index is 941. The molecule has 6 nitrogen and oxygen atoms in total. The number of nitrogens with one attached hydrogen (secondary N) is 1. The summed E-state index contributed by atoms with van der Waals surface area (Å²) in [6, 6.07) is 11.8. The highest BCUT2D eigenvalue weighted by Crippen LogP contribution is 2.38. The van der Waals surface area contributed by atoms with Crippen LogP contribution in [0.3, 0.4) is 0 Å². The standard InChI is InChI=1S/C26H34Cl2N2O4/c1-3-8-32-10-12-34-13-11-33-9-7-26(31)29-21-6-4-5-19(14-21)23-17-30(2)18-24-22(23)15-20(27)16-25(24)28/h4-6,14-16,23H,3,7-13,17-18H2,1-2H3,(H,29,31). The first-order valence-electron chi connectivity index (χ1n) is 11.8. The van der Waals surface area contributed by atoms with Gasteiger partial charge in [0.15, 0.2) is 0 Å². The van der Waals surface area contributed by atoms with Gasteiger partial charge in [0.1, 0.15) is 0 Å². The molecule has 0 bridgehead atoms. The summed E-state index contributed by atoms with van der Waals surface area (Å²) in [5.41, 5.74) is 4.13. The van der Waals surface area contributed by atoms with E-state index in [4.69, 9.17) is 37.4 Å². The van der Waals surface area contributed by atoms with E-state index in [-0.39, 0.29) is 18.2 Å². The van der Waals surface area contributed by atoms with Gasteiger partial charge in [0.25, 0.3) is 0 Å². The molecule has 1 heterocycles. The van der Waals surface area contributed by atoms with E-state index in [1.807, 2.05) is 24.3 Å². The van der Waals surface area contributed by atoms with E-state index in [0.29, 0.717) is 43.1 Å². The minimum absolute atomic E-state index is 0.0849. The van der Waals surface area contributed by atoms with Gasteiger partial charge in [-0.2, -0.15) is 0 Å². The number of ether oxygens (including phenoxy) is 3. The molecule has 1 atom stereocenters. The Balaban J connectivity index is 1.48. The van der Waals surface area contributed by atoms with E-state index in [0.717, 1.165) is 48.5 Å². The third kappa shape index (κ3) is 8.22. The van der Waals surface area contributed by atoms with E-state index in [1.54, 1.807) is 6.07 Å². The molecule has 0 saturated heterocycles. The van der Waals surface area contributed by atoms with Crippen LogP contribution < -0.4 is 5.32 Å². The molecule has 0 fully saturated rings. The SMILES string of the molecule is CCCOCCOCCOCCC(=O)Nc1cccc(C2CN(C)Cc3c(Cl)cc(Cl)cc32)c1. The van der Waals surface area contributed by atoms with Gasteiger partial charge in [0, 0.05) is 41.3 Å². The Hall–Kier alpha value is -1.67. The van der Waals surface area contributed by atoms with Crippen LogP contribution in [-0.4, -0.2) is 64.0 Å². The number of amides is 1. The van der Waals surface area contributed by atoms with Crippen molar-refractivity contribution in [2.45, 2.75) is 32.2 Å². The molecule has 2 aromatic carbocycles. The zero-order valence-electron chi connectivity index (χ0n) is 19.9. The van der Waals surface area contributed by atoms with Crippen LogP contribution in [0.4, 0.5) is 5.69 Å². The number of likely N-dealkylation sites (N-methyl/N-ethyl adjacent to an activating group) is 1. The lowest BCUT2D eigenvalue weighted by Gasteiger charge is -2.33. The van der Waals surface area contributed by atoms with Gasteiger partial charge in [-0.05, 0) is 54.4 Å². The van der Waals surface area contributed by atoms with Gasteiger partial charge in [-0.25, -0.2) is 0 Å². The van der Waals surface area contributed by atoms with Crippen LogP contribution in [-0.2, 0) is 25.5 Å². The maximum absolute atomic E-state index is 12.4. The lowest BCUT2D eigenvalue weighted by atomic mass is 9.84. The first-order chi connectivity index (χ1) is 16.5. The highest BCUT2D eigenvalue weighted by Gasteiger charge is 2.27. The summed E-state index contributed by atoms with van der Waals surface area (Å²) in [6.45, 7) is 6.91. The maximum Gasteiger partial charge on any atom is 0.226 e. The molecule has 1 aliphatic heterocycles. The number of hydrogen-bond acceptors (Lipinski definition) is 5. The summed E-state index contributed by atoms with van der Waals surface area (Å²) in [5.74, 6) is 0.0378. The molecular formula is C26H34Cl2N2O4. The molecule has 3 rings (SSSR count). The normalized spacial score (nSPS) is 15.8. The quantitative estimate of drug-likeness (QED) is 0.369. The fraction of sp³-hybridized carbons (Fsp3) is 0.500. The molecule has 34 heavy (non-hydrogen) atoms. The van der Waals surface area contributed by atoms with Gasteiger partial charge in [0.2, 0.25) is 5.91 Å². The Kier molecular flexibility index (Phi) is 11.1. The van der Waals surface area contributed by atoms with Crippen LogP contribution in [0.1, 0.15) is 42.4 Å². The summed E-state index contributed by atoms with van der Waals surface area (Å²) in [6.07, 6.45) is 1.29. The van der Waals surface area contributed by atoms with Gasteiger partial charge >= 0.3 is 0 Å². The third-order valence-corrected chi connectivity index (χ3v) is 6.19. The van der Waals surface area contributed by atoms with E-state index in [1.165, 1.54) is 0 Å². The molecule has 1 unspecified atom stereocenters. The number of rotatable bonds is 13. The molecule has 0 saturated carbocycles. The van der Waals surface area contributed by atoms with Crippen molar-refractivity contribution in [2.24, 2.45) is 0 Å². The number of carbonyl (C=O) groups excluding carboxylic acids is 1. The van der Waals surface area contributed by atoms with E-state index in [2.05, 4.69) is 30.3 Å². The second-order valence-corrected chi connectivity index (χ2v) is 9.31. The van der Waals surface area contributed by atoms with Crippen LogP contribution in [0.2, 0.25) is 10.0 Å². The second kappa shape index (κ2) is 14.0.